The van der Waals surface area contributed by atoms with E-state index < -0.39 is 5.97 Å². The van der Waals surface area contributed by atoms with Gasteiger partial charge in [-0.3, -0.25) is 0 Å². The maximum absolute atomic E-state index is 10.6. The van der Waals surface area contributed by atoms with Crippen molar-refractivity contribution in [2.45, 2.75) is 26.3 Å². The second-order valence-electron chi connectivity index (χ2n) is 3.57. The third-order valence-electron chi connectivity index (χ3n) is 2.35. The van der Waals surface area contributed by atoms with Crippen molar-refractivity contribution in [3.05, 3.63) is 17.7 Å². The van der Waals surface area contributed by atoms with E-state index in [1.807, 2.05) is 11.5 Å². The molecule has 4 heteroatoms. The Morgan fingerprint density at radius 2 is 2.46 bits per heavy atom. The topological polar surface area (TPSA) is 55.1 Å². The van der Waals surface area contributed by atoms with Crippen LogP contribution >= 0.6 is 0 Å². The Hall–Kier alpha value is -1.32. The average Bonchev–Trinajstić information content (AvgIpc) is 2.78. The number of carboxylic acid groups (broad SMARTS) is 1. The lowest BCUT2D eigenvalue weighted by molar-refractivity contribution is 0.0691. The number of hydrogen-bond donors (Lipinski definition) is 1. The molecule has 0 saturated heterocycles. The van der Waals surface area contributed by atoms with Crippen molar-refractivity contribution in [2.24, 2.45) is 5.92 Å². The van der Waals surface area contributed by atoms with E-state index in [9.17, 15) is 4.79 Å². The lowest BCUT2D eigenvalue weighted by Crippen LogP contribution is -2.00. The largest absolute Gasteiger partial charge is 0.476 e. The zero-order chi connectivity index (χ0) is 9.42. The highest BCUT2D eigenvalue weighted by atomic mass is 16.4. The normalized spacial score (nSPS) is 16.1. The molecule has 1 heterocycles. The van der Waals surface area contributed by atoms with Gasteiger partial charge in [0, 0.05) is 12.7 Å². The number of nitrogens with zero attached hydrogens (tertiary/aromatic N) is 2. The van der Waals surface area contributed by atoms with Crippen molar-refractivity contribution in [3.8, 4) is 0 Å². The number of carbonyl (C=O) groups is 1. The van der Waals surface area contributed by atoms with Gasteiger partial charge < -0.3 is 9.67 Å². The number of carboxylic acids is 1. The summed E-state index contributed by atoms with van der Waals surface area (Å²) in [4.78, 5) is 14.5. The van der Waals surface area contributed by atoms with Gasteiger partial charge in [-0.25, -0.2) is 9.78 Å². The first kappa shape index (κ1) is 8.29. The minimum Gasteiger partial charge on any atom is -0.476 e. The van der Waals surface area contributed by atoms with E-state index in [4.69, 9.17) is 5.11 Å². The maximum Gasteiger partial charge on any atom is 0.356 e. The number of imidazole rings is 1. The van der Waals surface area contributed by atoms with Crippen LogP contribution in [0.1, 0.15) is 29.2 Å². The molecule has 4 nitrogen and oxygen atoms in total. The molecule has 1 aromatic heterocycles. The van der Waals surface area contributed by atoms with E-state index in [1.165, 1.54) is 12.8 Å². The molecule has 1 aliphatic carbocycles. The highest BCUT2D eigenvalue weighted by molar-refractivity contribution is 5.85. The van der Waals surface area contributed by atoms with Crippen LogP contribution in [0, 0.1) is 12.8 Å². The first-order valence-electron chi connectivity index (χ1n) is 4.44. The van der Waals surface area contributed by atoms with E-state index in [0.717, 1.165) is 18.3 Å². The van der Waals surface area contributed by atoms with E-state index in [1.54, 1.807) is 6.20 Å². The second-order valence-corrected chi connectivity index (χ2v) is 3.57. The molecule has 1 aliphatic rings. The van der Waals surface area contributed by atoms with Gasteiger partial charge in [0.15, 0.2) is 5.69 Å². The van der Waals surface area contributed by atoms with Crippen LogP contribution in [0.2, 0.25) is 0 Å². The molecule has 0 aromatic carbocycles. The lowest BCUT2D eigenvalue weighted by Gasteiger charge is -2.00. The molecule has 0 spiro atoms. The van der Waals surface area contributed by atoms with Crippen molar-refractivity contribution in [2.75, 3.05) is 0 Å². The summed E-state index contributed by atoms with van der Waals surface area (Å²) in [5, 5.41) is 8.70. The van der Waals surface area contributed by atoms with Gasteiger partial charge in [-0.1, -0.05) is 0 Å². The third kappa shape index (κ3) is 1.71. The Morgan fingerprint density at radius 3 is 2.92 bits per heavy atom. The van der Waals surface area contributed by atoms with Gasteiger partial charge in [0.05, 0.1) is 0 Å². The molecule has 1 N–H and O–H groups in total. The quantitative estimate of drug-likeness (QED) is 0.762. The first-order chi connectivity index (χ1) is 6.16. The van der Waals surface area contributed by atoms with Gasteiger partial charge in [-0.2, -0.15) is 0 Å². The van der Waals surface area contributed by atoms with Gasteiger partial charge in [0.25, 0.3) is 0 Å². The summed E-state index contributed by atoms with van der Waals surface area (Å²) in [6, 6.07) is 0. The summed E-state index contributed by atoms with van der Waals surface area (Å²) >= 11 is 0. The SMILES string of the molecule is Cc1nc(C(=O)O)cn1CC1CC1. The fraction of sp³-hybridized carbons (Fsp3) is 0.556. The monoisotopic (exact) mass is 180 g/mol. The Kier molecular flexibility index (Phi) is 1.83. The molecule has 1 saturated carbocycles. The molecular formula is C9H12N2O2. The minimum absolute atomic E-state index is 0.151. The molecule has 0 aliphatic heterocycles. The van der Waals surface area contributed by atoms with Crippen molar-refractivity contribution < 1.29 is 9.90 Å². The van der Waals surface area contributed by atoms with Crippen LogP contribution in [0.5, 0.6) is 0 Å². The molecule has 70 valence electrons. The van der Waals surface area contributed by atoms with Crippen molar-refractivity contribution >= 4 is 5.97 Å². The van der Waals surface area contributed by atoms with Gasteiger partial charge in [0.2, 0.25) is 0 Å². The van der Waals surface area contributed by atoms with E-state index in [2.05, 4.69) is 4.98 Å². The lowest BCUT2D eigenvalue weighted by atomic mass is 10.4. The van der Waals surface area contributed by atoms with E-state index >= 15 is 0 Å². The fourth-order valence-corrected chi connectivity index (χ4v) is 1.37. The molecule has 2 rings (SSSR count). The molecule has 0 amide bonds. The van der Waals surface area contributed by atoms with Crippen LogP contribution in [0.4, 0.5) is 0 Å². The Morgan fingerprint density at radius 1 is 1.77 bits per heavy atom. The highest BCUT2D eigenvalue weighted by Gasteiger charge is 2.23. The molecule has 0 bridgehead atoms. The Balaban J connectivity index is 2.18. The van der Waals surface area contributed by atoms with Crippen molar-refractivity contribution in [3.63, 3.8) is 0 Å². The average molecular weight is 180 g/mol. The summed E-state index contributed by atoms with van der Waals surface area (Å²) in [6.45, 7) is 2.76. The van der Waals surface area contributed by atoms with Gasteiger partial charge >= 0.3 is 5.97 Å². The predicted molar refractivity (Wildman–Crippen MR) is 46.6 cm³/mol. The Bertz CT molecular complexity index is 339. The smallest absolute Gasteiger partial charge is 0.356 e. The van der Waals surface area contributed by atoms with Crippen molar-refractivity contribution in [1.82, 2.24) is 9.55 Å². The summed E-state index contributed by atoms with van der Waals surface area (Å²) in [5.74, 6) is 0.594. The molecule has 0 atom stereocenters. The highest BCUT2D eigenvalue weighted by Crippen LogP contribution is 2.30. The van der Waals surface area contributed by atoms with Gasteiger partial charge in [-0.05, 0) is 25.7 Å². The van der Waals surface area contributed by atoms with Crippen molar-refractivity contribution in [1.29, 1.82) is 0 Å². The molecule has 13 heavy (non-hydrogen) atoms. The summed E-state index contributed by atoms with van der Waals surface area (Å²) < 4.78 is 1.93. The van der Waals surface area contributed by atoms with Crippen LogP contribution in [0.25, 0.3) is 0 Å². The number of hydrogen-bond acceptors (Lipinski definition) is 2. The zero-order valence-electron chi connectivity index (χ0n) is 7.53. The van der Waals surface area contributed by atoms with E-state index in [0.29, 0.717) is 0 Å². The van der Waals surface area contributed by atoms with Gasteiger partial charge in [0.1, 0.15) is 5.82 Å². The fourth-order valence-electron chi connectivity index (χ4n) is 1.37. The minimum atomic E-state index is -0.947. The first-order valence-corrected chi connectivity index (χ1v) is 4.44. The predicted octanol–water partition coefficient (Wildman–Crippen LogP) is 1.30. The second kappa shape index (κ2) is 2.87. The number of aryl methyl sites for hydroxylation is 1. The standard InChI is InChI=1S/C9H12N2O2/c1-6-10-8(9(12)13)5-11(6)4-7-2-3-7/h5,7H,2-4H2,1H3,(H,12,13). The number of aromatic carboxylic acids is 1. The maximum atomic E-state index is 10.6. The van der Waals surface area contributed by atoms with Crippen LogP contribution in [-0.2, 0) is 6.54 Å². The number of aromatic nitrogens is 2. The summed E-state index contributed by atoms with van der Waals surface area (Å²) in [6.07, 6.45) is 4.15. The summed E-state index contributed by atoms with van der Waals surface area (Å²) in [7, 11) is 0. The van der Waals surface area contributed by atoms with Crippen LogP contribution < -0.4 is 0 Å². The van der Waals surface area contributed by atoms with Gasteiger partial charge in [-0.15, -0.1) is 0 Å². The van der Waals surface area contributed by atoms with Crippen LogP contribution in [0.15, 0.2) is 6.20 Å². The molecule has 0 unspecified atom stereocenters. The zero-order valence-corrected chi connectivity index (χ0v) is 7.53. The molecule has 1 fully saturated rings. The summed E-state index contributed by atoms with van der Waals surface area (Å²) in [5.41, 5.74) is 0.151. The van der Waals surface area contributed by atoms with Crippen LogP contribution in [0.3, 0.4) is 0 Å². The van der Waals surface area contributed by atoms with Crippen LogP contribution in [-0.4, -0.2) is 20.6 Å². The Labute approximate surface area is 76.2 Å². The molecule has 1 aromatic rings. The number of rotatable bonds is 3. The van der Waals surface area contributed by atoms with E-state index in [-0.39, 0.29) is 5.69 Å². The molecule has 0 radical (unpaired) electrons. The third-order valence-corrected chi connectivity index (χ3v) is 2.35. The molecular weight excluding hydrogens is 168 g/mol.